The van der Waals surface area contributed by atoms with Gasteiger partial charge in [0.15, 0.2) is 0 Å². The fourth-order valence-electron chi connectivity index (χ4n) is 5.35. The summed E-state index contributed by atoms with van der Waals surface area (Å²) in [4.78, 5) is 38.4. The average molecular weight is 613 g/mol. The van der Waals surface area contributed by atoms with Crippen LogP contribution in [0.25, 0.3) is 0 Å². The third kappa shape index (κ3) is 6.75. The number of carbonyl (C=O) groups is 2. The number of nitrogens with zero attached hydrogens (tertiary/aromatic N) is 3. The van der Waals surface area contributed by atoms with Gasteiger partial charge < -0.3 is 19.9 Å². The van der Waals surface area contributed by atoms with E-state index in [4.69, 9.17) is 4.99 Å². The van der Waals surface area contributed by atoms with Gasteiger partial charge in [-0.2, -0.15) is 8.78 Å². The minimum atomic E-state index is -2.96. The highest BCUT2D eigenvalue weighted by atomic mass is 32.2. The number of ether oxygens (including phenoxy) is 1. The van der Waals surface area contributed by atoms with Crippen LogP contribution in [0.1, 0.15) is 21.5 Å². The summed E-state index contributed by atoms with van der Waals surface area (Å²) < 4.78 is 29.5. The largest absolute Gasteiger partial charge is 0.435 e. The number of hydrogen-bond acceptors (Lipinski definition) is 6. The van der Waals surface area contributed by atoms with E-state index in [1.54, 1.807) is 16.7 Å². The van der Waals surface area contributed by atoms with Crippen LogP contribution < -0.4 is 10.1 Å². The fourth-order valence-corrected chi connectivity index (χ4v) is 6.37. The highest BCUT2D eigenvalue weighted by molar-refractivity contribution is 7.99. The molecule has 10 heteroatoms. The summed E-state index contributed by atoms with van der Waals surface area (Å²) in [5.41, 5.74) is 3.13. The molecule has 1 saturated heterocycles. The van der Waals surface area contributed by atoms with E-state index in [0.29, 0.717) is 32.6 Å². The molecule has 1 unspecified atom stereocenters. The summed E-state index contributed by atoms with van der Waals surface area (Å²) in [5.74, 6) is 0.193. The molecular weight excluding hydrogens is 582 g/mol. The van der Waals surface area contributed by atoms with Crippen molar-refractivity contribution in [1.82, 2.24) is 15.1 Å². The Bertz CT molecular complexity index is 1660. The summed E-state index contributed by atoms with van der Waals surface area (Å²) in [6.07, 6.45) is 0.312. The summed E-state index contributed by atoms with van der Waals surface area (Å²) in [7, 11) is 0. The molecule has 0 aromatic heterocycles. The number of amides is 2. The van der Waals surface area contributed by atoms with Crippen molar-refractivity contribution in [3.05, 3.63) is 120 Å². The van der Waals surface area contributed by atoms with E-state index in [-0.39, 0.29) is 17.2 Å². The second kappa shape index (κ2) is 13.3. The molecule has 4 aromatic carbocycles. The van der Waals surface area contributed by atoms with Gasteiger partial charge in [-0.25, -0.2) is 4.99 Å². The van der Waals surface area contributed by atoms with Crippen LogP contribution in [-0.4, -0.2) is 66.3 Å². The number of fused-ring (bicyclic) bond motifs is 2. The third-order valence-corrected chi connectivity index (χ3v) is 8.70. The van der Waals surface area contributed by atoms with Crippen molar-refractivity contribution in [2.24, 2.45) is 4.99 Å². The van der Waals surface area contributed by atoms with Crippen LogP contribution in [0.2, 0.25) is 0 Å². The summed E-state index contributed by atoms with van der Waals surface area (Å²) in [6.45, 7) is -0.847. The Hall–Kier alpha value is -4.70. The van der Waals surface area contributed by atoms with E-state index < -0.39 is 18.6 Å². The number of amidine groups is 1. The van der Waals surface area contributed by atoms with Gasteiger partial charge in [0.2, 0.25) is 5.91 Å². The molecule has 2 aliphatic rings. The van der Waals surface area contributed by atoms with Gasteiger partial charge in [0, 0.05) is 53.5 Å². The second-order valence-electron chi connectivity index (χ2n) is 10.4. The van der Waals surface area contributed by atoms with Crippen LogP contribution in [0.3, 0.4) is 0 Å². The molecule has 1 N–H and O–H groups in total. The maximum atomic E-state index is 13.9. The SMILES string of the molecule is O=C(NC(Cc1ccccc1)C(=O)N1CCN(C2=Nc3ccccc3Sc3ccccc32)CC1)c1ccc(OC(F)F)cc1. The lowest BCUT2D eigenvalue weighted by Crippen LogP contribution is -2.56. The van der Waals surface area contributed by atoms with Crippen molar-refractivity contribution in [3.63, 3.8) is 0 Å². The molecule has 2 aliphatic heterocycles. The van der Waals surface area contributed by atoms with Crippen molar-refractivity contribution in [3.8, 4) is 5.75 Å². The Kier molecular flexibility index (Phi) is 8.88. The van der Waals surface area contributed by atoms with E-state index >= 15 is 0 Å². The average Bonchev–Trinajstić information content (AvgIpc) is 3.22. The van der Waals surface area contributed by atoms with Crippen LogP contribution in [0.4, 0.5) is 14.5 Å². The third-order valence-electron chi connectivity index (χ3n) is 7.56. The molecule has 0 radical (unpaired) electrons. The first-order valence-corrected chi connectivity index (χ1v) is 15.1. The summed E-state index contributed by atoms with van der Waals surface area (Å²) >= 11 is 1.70. The van der Waals surface area contributed by atoms with Crippen LogP contribution >= 0.6 is 11.8 Å². The predicted molar refractivity (Wildman–Crippen MR) is 166 cm³/mol. The maximum Gasteiger partial charge on any atom is 0.387 e. The van der Waals surface area contributed by atoms with Crippen LogP contribution in [0, 0.1) is 0 Å². The molecule has 44 heavy (non-hydrogen) atoms. The minimum absolute atomic E-state index is 0.0469. The van der Waals surface area contributed by atoms with E-state index in [2.05, 4.69) is 33.2 Å². The van der Waals surface area contributed by atoms with Crippen LogP contribution in [0.15, 0.2) is 118 Å². The molecule has 0 bridgehead atoms. The number of aliphatic imine (C=N–C) groups is 1. The Morgan fingerprint density at radius 1 is 0.818 bits per heavy atom. The number of hydrogen-bond donors (Lipinski definition) is 1. The number of alkyl halides is 2. The quantitative estimate of drug-likeness (QED) is 0.277. The molecule has 4 aromatic rings. The molecular formula is C34H30F2N4O3S. The number of benzene rings is 4. The van der Waals surface area contributed by atoms with Gasteiger partial charge in [-0.3, -0.25) is 9.59 Å². The van der Waals surface area contributed by atoms with Gasteiger partial charge in [-0.1, -0.05) is 72.4 Å². The van der Waals surface area contributed by atoms with Gasteiger partial charge >= 0.3 is 6.61 Å². The van der Waals surface area contributed by atoms with Gasteiger partial charge in [0.1, 0.15) is 17.6 Å². The van der Waals surface area contributed by atoms with Crippen LogP contribution in [-0.2, 0) is 11.2 Å². The monoisotopic (exact) mass is 612 g/mol. The van der Waals surface area contributed by atoms with Crippen molar-refractivity contribution in [2.75, 3.05) is 26.2 Å². The minimum Gasteiger partial charge on any atom is -0.435 e. The molecule has 0 aliphatic carbocycles. The molecule has 7 nitrogen and oxygen atoms in total. The first-order valence-electron chi connectivity index (χ1n) is 14.3. The molecule has 0 saturated carbocycles. The number of rotatable bonds is 7. The van der Waals surface area contributed by atoms with E-state index in [9.17, 15) is 18.4 Å². The molecule has 6 rings (SSSR count). The molecule has 2 heterocycles. The Balaban J connectivity index is 1.18. The zero-order valence-corrected chi connectivity index (χ0v) is 24.6. The highest BCUT2D eigenvalue weighted by Gasteiger charge is 2.31. The number of para-hydroxylation sites is 1. The normalized spacial score (nSPS) is 15.0. The smallest absolute Gasteiger partial charge is 0.387 e. The van der Waals surface area contributed by atoms with Gasteiger partial charge in [0.05, 0.1) is 5.69 Å². The van der Waals surface area contributed by atoms with Crippen LogP contribution in [0.5, 0.6) is 5.75 Å². The molecule has 224 valence electrons. The zero-order chi connectivity index (χ0) is 30.5. The lowest BCUT2D eigenvalue weighted by atomic mass is 10.0. The topological polar surface area (TPSA) is 74.2 Å². The lowest BCUT2D eigenvalue weighted by molar-refractivity contribution is -0.134. The molecule has 2 amide bonds. The lowest BCUT2D eigenvalue weighted by Gasteiger charge is -2.38. The predicted octanol–water partition coefficient (Wildman–Crippen LogP) is 6.02. The van der Waals surface area contributed by atoms with Gasteiger partial charge in [-0.15, -0.1) is 0 Å². The molecule has 0 spiro atoms. The van der Waals surface area contributed by atoms with Crippen molar-refractivity contribution < 1.29 is 23.1 Å². The summed E-state index contributed by atoms with van der Waals surface area (Å²) in [6, 6.07) is 30.4. The zero-order valence-electron chi connectivity index (χ0n) is 23.7. The number of halogens is 2. The fraction of sp³-hybridized carbons (Fsp3) is 0.206. The number of carbonyl (C=O) groups excluding carboxylic acids is 2. The maximum absolute atomic E-state index is 13.9. The van der Waals surface area contributed by atoms with Crippen molar-refractivity contribution in [1.29, 1.82) is 0 Å². The van der Waals surface area contributed by atoms with E-state index in [1.165, 1.54) is 24.3 Å². The van der Waals surface area contributed by atoms with E-state index in [0.717, 1.165) is 32.4 Å². The van der Waals surface area contributed by atoms with Gasteiger partial charge in [0.25, 0.3) is 5.91 Å². The molecule has 1 atom stereocenters. The van der Waals surface area contributed by atoms with Crippen molar-refractivity contribution >= 4 is 35.1 Å². The summed E-state index contributed by atoms with van der Waals surface area (Å²) in [5, 5.41) is 2.89. The molecule has 1 fully saturated rings. The van der Waals surface area contributed by atoms with Gasteiger partial charge in [-0.05, 0) is 48.0 Å². The first-order chi connectivity index (χ1) is 21.4. The van der Waals surface area contributed by atoms with E-state index in [1.807, 2.05) is 60.7 Å². The first kappa shape index (κ1) is 29.4. The number of piperazine rings is 1. The highest BCUT2D eigenvalue weighted by Crippen LogP contribution is 2.40. The van der Waals surface area contributed by atoms with Crippen molar-refractivity contribution in [2.45, 2.75) is 28.9 Å². The Morgan fingerprint density at radius 3 is 2.20 bits per heavy atom. The second-order valence-corrected chi connectivity index (χ2v) is 11.5. The Labute approximate surface area is 258 Å². The Morgan fingerprint density at radius 2 is 1.48 bits per heavy atom. The number of nitrogens with one attached hydrogen (secondary N) is 1. The standard InChI is InChI=1S/C34H30F2N4O3S/c35-34(36)43-25-16-14-24(15-17-25)32(41)38-28(22-23-8-2-1-3-9-23)33(42)40-20-18-39(19-21-40)31-26-10-4-6-12-29(26)44-30-13-7-5-11-27(30)37-31/h1-17,28,34H,18-22H2,(H,38,41).